The SMILES string of the molecule is CCOC(=O)COc1ccccc1/C=c1\sc2n(c1=O)[C@@H](c1ccc(F)cc1)C(C(=O)OCC)=C(c1ccccc1)N=2. The summed E-state index contributed by atoms with van der Waals surface area (Å²) in [7, 11) is 0. The molecule has 0 saturated heterocycles. The highest BCUT2D eigenvalue weighted by atomic mass is 32.1. The van der Waals surface area contributed by atoms with Crippen LogP contribution < -0.4 is 19.6 Å². The van der Waals surface area contributed by atoms with Crippen LogP contribution in [0.5, 0.6) is 5.75 Å². The zero-order chi connectivity index (χ0) is 29.6. The number of carbonyl (C=O) groups excluding carboxylic acids is 2. The van der Waals surface area contributed by atoms with Gasteiger partial charge in [0, 0.05) is 11.1 Å². The lowest BCUT2D eigenvalue weighted by Gasteiger charge is -2.25. The van der Waals surface area contributed by atoms with Crippen molar-refractivity contribution < 1.29 is 28.2 Å². The molecule has 5 rings (SSSR count). The molecule has 1 aliphatic rings. The standard InChI is InChI=1S/C32H27FN2O6S/c1-3-39-26(36)19-41-24-13-9-8-12-22(24)18-25-30(37)35-29(21-14-16-23(33)17-15-21)27(31(38)40-4-2)28(34-32(35)42-25)20-10-6-5-7-11-20/h5-18,29H,3-4,19H2,1-2H3/b25-18-/t29-/m0/s1. The van der Waals surface area contributed by atoms with Crippen molar-refractivity contribution in [1.29, 1.82) is 0 Å². The second-order valence-corrected chi connectivity index (χ2v) is 10.1. The van der Waals surface area contributed by atoms with Gasteiger partial charge in [0.1, 0.15) is 11.6 Å². The van der Waals surface area contributed by atoms with Gasteiger partial charge in [-0.1, -0.05) is 72.0 Å². The minimum atomic E-state index is -0.923. The Hall–Kier alpha value is -4.83. The van der Waals surface area contributed by atoms with E-state index in [0.717, 1.165) is 11.3 Å². The minimum Gasteiger partial charge on any atom is -0.481 e. The van der Waals surface area contributed by atoms with Gasteiger partial charge in [0.05, 0.1) is 35.1 Å². The van der Waals surface area contributed by atoms with Crippen molar-refractivity contribution in [3.63, 3.8) is 0 Å². The van der Waals surface area contributed by atoms with Crippen LogP contribution >= 0.6 is 11.3 Å². The molecular weight excluding hydrogens is 559 g/mol. The van der Waals surface area contributed by atoms with E-state index in [-0.39, 0.29) is 25.4 Å². The zero-order valence-electron chi connectivity index (χ0n) is 22.9. The predicted octanol–water partition coefficient (Wildman–Crippen LogP) is 4.02. The maximum atomic E-state index is 14.0. The first-order valence-electron chi connectivity index (χ1n) is 13.3. The van der Waals surface area contributed by atoms with Crippen molar-refractivity contribution in [3.8, 4) is 5.75 Å². The number of benzene rings is 3. The van der Waals surface area contributed by atoms with Crippen molar-refractivity contribution in [2.24, 2.45) is 4.99 Å². The van der Waals surface area contributed by atoms with E-state index < -0.39 is 29.4 Å². The predicted molar refractivity (Wildman–Crippen MR) is 156 cm³/mol. The van der Waals surface area contributed by atoms with E-state index in [1.807, 2.05) is 30.3 Å². The summed E-state index contributed by atoms with van der Waals surface area (Å²) in [5.74, 6) is -1.19. The maximum Gasteiger partial charge on any atom is 0.344 e. The van der Waals surface area contributed by atoms with Gasteiger partial charge in [-0.25, -0.2) is 19.0 Å². The fourth-order valence-corrected chi connectivity index (χ4v) is 5.60. The number of para-hydroxylation sites is 1. The summed E-state index contributed by atoms with van der Waals surface area (Å²) in [4.78, 5) is 44.5. The molecule has 0 unspecified atom stereocenters. The highest BCUT2D eigenvalue weighted by Crippen LogP contribution is 2.35. The molecule has 3 aromatic carbocycles. The molecule has 0 amide bonds. The maximum absolute atomic E-state index is 14.0. The summed E-state index contributed by atoms with van der Waals surface area (Å²) in [6.07, 6.45) is 1.66. The Morgan fingerprint density at radius 2 is 1.64 bits per heavy atom. The van der Waals surface area contributed by atoms with Gasteiger partial charge in [0.25, 0.3) is 5.56 Å². The van der Waals surface area contributed by atoms with Crippen LogP contribution in [0.4, 0.5) is 4.39 Å². The molecule has 0 aliphatic carbocycles. The average molecular weight is 587 g/mol. The molecule has 2 heterocycles. The molecule has 0 N–H and O–H groups in total. The lowest BCUT2D eigenvalue weighted by atomic mass is 9.93. The van der Waals surface area contributed by atoms with Crippen LogP contribution in [0.1, 0.15) is 36.6 Å². The van der Waals surface area contributed by atoms with Crippen LogP contribution in [0.3, 0.4) is 0 Å². The molecule has 1 atom stereocenters. The number of fused-ring (bicyclic) bond motifs is 1. The zero-order valence-corrected chi connectivity index (χ0v) is 23.7. The second-order valence-electron chi connectivity index (χ2n) is 9.11. The summed E-state index contributed by atoms with van der Waals surface area (Å²) >= 11 is 1.15. The van der Waals surface area contributed by atoms with Gasteiger partial charge in [0.2, 0.25) is 0 Å². The van der Waals surface area contributed by atoms with Crippen molar-refractivity contribution in [3.05, 3.63) is 127 Å². The van der Waals surface area contributed by atoms with E-state index in [1.54, 1.807) is 56.3 Å². The Kier molecular flexibility index (Phi) is 8.73. The monoisotopic (exact) mass is 586 g/mol. The van der Waals surface area contributed by atoms with Gasteiger partial charge in [0.15, 0.2) is 11.4 Å². The third-order valence-corrected chi connectivity index (χ3v) is 7.40. The molecule has 1 aliphatic heterocycles. The Morgan fingerprint density at radius 3 is 2.36 bits per heavy atom. The number of hydrogen-bond acceptors (Lipinski definition) is 8. The first-order chi connectivity index (χ1) is 20.4. The molecule has 4 aromatic rings. The molecular formula is C32H27FN2O6S. The van der Waals surface area contributed by atoms with Crippen LogP contribution in [0.25, 0.3) is 11.8 Å². The van der Waals surface area contributed by atoms with E-state index in [2.05, 4.69) is 0 Å². The van der Waals surface area contributed by atoms with Gasteiger partial charge in [-0.05, 0) is 43.7 Å². The summed E-state index contributed by atoms with van der Waals surface area (Å²) < 4.78 is 31.8. The van der Waals surface area contributed by atoms with E-state index in [9.17, 15) is 18.8 Å². The number of ether oxygens (including phenoxy) is 3. The summed E-state index contributed by atoms with van der Waals surface area (Å²) in [6, 6.07) is 20.9. The van der Waals surface area contributed by atoms with Gasteiger partial charge in [-0.2, -0.15) is 0 Å². The number of aromatic nitrogens is 1. The largest absolute Gasteiger partial charge is 0.481 e. The Bertz CT molecular complexity index is 1830. The number of esters is 2. The fourth-order valence-electron chi connectivity index (χ4n) is 4.61. The van der Waals surface area contributed by atoms with Crippen LogP contribution in [-0.2, 0) is 19.1 Å². The highest BCUT2D eigenvalue weighted by Gasteiger charge is 2.35. The van der Waals surface area contributed by atoms with Crippen LogP contribution in [-0.4, -0.2) is 36.3 Å². The smallest absolute Gasteiger partial charge is 0.344 e. The van der Waals surface area contributed by atoms with Gasteiger partial charge >= 0.3 is 11.9 Å². The molecule has 8 nitrogen and oxygen atoms in total. The number of hydrogen-bond donors (Lipinski definition) is 0. The molecule has 0 saturated carbocycles. The topological polar surface area (TPSA) is 96.2 Å². The third-order valence-electron chi connectivity index (χ3n) is 6.42. The number of thiazole rings is 1. The summed E-state index contributed by atoms with van der Waals surface area (Å²) in [6.45, 7) is 3.48. The fraction of sp³-hybridized carbons (Fsp3) is 0.188. The van der Waals surface area contributed by atoms with Crippen molar-refractivity contribution in [1.82, 2.24) is 4.57 Å². The molecule has 0 spiro atoms. The van der Waals surface area contributed by atoms with Gasteiger partial charge in [-0.15, -0.1) is 0 Å². The molecule has 42 heavy (non-hydrogen) atoms. The van der Waals surface area contributed by atoms with E-state index >= 15 is 0 Å². The van der Waals surface area contributed by atoms with Gasteiger partial charge in [-0.3, -0.25) is 9.36 Å². The van der Waals surface area contributed by atoms with Crippen LogP contribution in [0, 0.1) is 5.82 Å². The van der Waals surface area contributed by atoms with Crippen LogP contribution in [0.15, 0.2) is 94.2 Å². The first-order valence-corrected chi connectivity index (χ1v) is 14.1. The summed E-state index contributed by atoms with van der Waals surface area (Å²) in [5.41, 5.74) is 1.90. The minimum absolute atomic E-state index is 0.119. The molecule has 214 valence electrons. The number of halogens is 1. The Balaban J connectivity index is 1.72. The van der Waals surface area contributed by atoms with E-state index in [4.69, 9.17) is 19.2 Å². The van der Waals surface area contributed by atoms with E-state index in [1.165, 1.54) is 16.7 Å². The molecule has 0 fully saturated rings. The first kappa shape index (κ1) is 28.7. The molecule has 1 aromatic heterocycles. The lowest BCUT2D eigenvalue weighted by molar-refractivity contribution is -0.145. The lowest BCUT2D eigenvalue weighted by Crippen LogP contribution is -2.40. The number of carbonyl (C=O) groups is 2. The summed E-state index contributed by atoms with van der Waals surface area (Å²) in [5, 5.41) is 0. The van der Waals surface area contributed by atoms with Crippen molar-refractivity contribution in [2.45, 2.75) is 19.9 Å². The molecule has 0 bridgehead atoms. The molecule has 10 heteroatoms. The van der Waals surface area contributed by atoms with Crippen molar-refractivity contribution in [2.75, 3.05) is 19.8 Å². The third kappa shape index (κ3) is 5.94. The Morgan fingerprint density at radius 1 is 0.952 bits per heavy atom. The molecule has 0 radical (unpaired) electrons. The normalized spacial score (nSPS) is 14.6. The highest BCUT2D eigenvalue weighted by molar-refractivity contribution is 7.07. The Labute approximate surface area is 244 Å². The second kappa shape index (κ2) is 12.8. The number of rotatable bonds is 9. The van der Waals surface area contributed by atoms with Gasteiger partial charge < -0.3 is 14.2 Å². The van der Waals surface area contributed by atoms with Crippen LogP contribution in [0.2, 0.25) is 0 Å². The quantitative estimate of drug-likeness (QED) is 0.275. The average Bonchev–Trinajstić information content (AvgIpc) is 3.31. The number of nitrogens with zero attached hydrogens (tertiary/aromatic N) is 2. The van der Waals surface area contributed by atoms with E-state index in [0.29, 0.717) is 37.5 Å². The van der Waals surface area contributed by atoms with Crippen molar-refractivity contribution >= 4 is 35.0 Å².